The fourth-order valence-corrected chi connectivity index (χ4v) is 2.63. The van der Waals surface area contributed by atoms with E-state index in [1.165, 1.54) is 16.0 Å². The number of nitrogens with zero attached hydrogens (tertiary/aromatic N) is 1. The summed E-state index contributed by atoms with van der Waals surface area (Å²) in [5.41, 5.74) is 3.74. The molecule has 2 aromatic rings. The number of likely N-dealkylation sites (N-methyl/N-ethyl adjacent to an activating group) is 1. The lowest BCUT2D eigenvalue weighted by Crippen LogP contribution is -2.19. The molecule has 1 heterocycles. The molecule has 1 aromatic carbocycles. The van der Waals surface area contributed by atoms with E-state index in [2.05, 4.69) is 59.9 Å². The van der Waals surface area contributed by atoms with E-state index in [4.69, 9.17) is 0 Å². The van der Waals surface area contributed by atoms with Gasteiger partial charge in [-0.3, -0.25) is 4.98 Å². The number of aryl methyl sites for hydroxylation is 1. The fraction of sp³-hybridized carbons (Fsp3) is 0.353. The Morgan fingerprint density at radius 1 is 1.15 bits per heavy atom. The van der Waals surface area contributed by atoms with Gasteiger partial charge in [-0.25, -0.2) is 0 Å². The van der Waals surface area contributed by atoms with E-state index in [-0.39, 0.29) is 0 Å². The van der Waals surface area contributed by atoms with Crippen LogP contribution in [0.5, 0.6) is 0 Å². The molecule has 1 N–H and O–H groups in total. The Labute approximate surface area is 126 Å². The van der Waals surface area contributed by atoms with E-state index in [1.54, 1.807) is 11.8 Å². The Balaban J connectivity index is 2.10. The van der Waals surface area contributed by atoms with Gasteiger partial charge in [0, 0.05) is 29.2 Å². The van der Waals surface area contributed by atoms with Gasteiger partial charge in [-0.05, 0) is 49.1 Å². The summed E-state index contributed by atoms with van der Waals surface area (Å²) in [6.45, 7) is 2.15. The zero-order valence-electron chi connectivity index (χ0n) is 12.4. The van der Waals surface area contributed by atoms with E-state index in [0.29, 0.717) is 6.04 Å². The lowest BCUT2D eigenvalue weighted by Gasteiger charge is -2.16. The maximum atomic E-state index is 4.55. The van der Waals surface area contributed by atoms with Crippen molar-refractivity contribution < 1.29 is 0 Å². The summed E-state index contributed by atoms with van der Waals surface area (Å²) in [4.78, 5) is 5.85. The van der Waals surface area contributed by atoms with Crippen LogP contribution in [0.2, 0.25) is 0 Å². The van der Waals surface area contributed by atoms with Crippen LogP contribution < -0.4 is 5.32 Å². The highest BCUT2D eigenvalue weighted by atomic mass is 32.2. The fourth-order valence-electron chi connectivity index (χ4n) is 2.22. The first-order valence-electron chi connectivity index (χ1n) is 7.01. The minimum absolute atomic E-state index is 0.311. The number of aromatic nitrogens is 1. The maximum Gasteiger partial charge on any atom is 0.0422 e. The van der Waals surface area contributed by atoms with Gasteiger partial charge in [0.1, 0.15) is 0 Å². The van der Waals surface area contributed by atoms with E-state index in [0.717, 1.165) is 18.5 Å². The normalized spacial score (nSPS) is 12.3. The van der Waals surface area contributed by atoms with E-state index < -0.39 is 0 Å². The molecule has 2 nitrogen and oxygen atoms in total. The van der Waals surface area contributed by atoms with Gasteiger partial charge in [-0.1, -0.05) is 25.1 Å². The number of pyridine rings is 1. The Morgan fingerprint density at radius 3 is 2.40 bits per heavy atom. The first-order valence-corrected chi connectivity index (χ1v) is 8.24. The minimum atomic E-state index is 0.311. The number of rotatable bonds is 6. The third-order valence-corrected chi connectivity index (χ3v) is 4.32. The van der Waals surface area contributed by atoms with Crippen LogP contribution >= 0.6 is 11.8 Å². The molecule has 0 saturated carbocycles. The van der Waals surface area contributed by atoms with Crippen molar-refractivity contribution in [2.45, 2.75) is 30.7 Å². The van der Waals surface area contributed by atoms with Crippen molar-refractivity contribution in [3.05, 3.63) is 59.4 Å². The van der Waals surface area contributed by atoms with Crippen molar-refractivity contribution in [2.24, 2.45) is 0 Å². The largest absolute Gasteiger partial charge is 0.313 e. The van der Waals surface area contributed by atoms with Gasteiger partial charge in [0.15, 0.2) is 0 Å². The van der Waals surface area contributed by atoms with Gasteiger partial charge in [-0.15, -0.1) is 11.8 Å². The topological polar surface area (TPSA) is 24.9 Å². The summed E-state index contributed by atoms with van der Waals surface area (Å²) in [6.07, 6.45) is 6.04. The molecule has 0 radical (unpaired) electrons. The van der Waals surface area contributed by atoms with Crippen LogP contribution in [-0.2, 0) is 12.8 Å². The molecule has 1 aromatic heterocycles. The molecule has 20 heavy (non-hydrogen) atoms. The van der Waals surface area contributed by atoms with Crippen molar-refractivity contribution in [1.29, 1.82) is 0 Å². The Hall–Kier alpha value is -1.32. The number of hydrogen-bond donors (Lipinski definition) is 1. The molecule has 0 amide bonds. The molecule has 0 fully saturated rings. The van der Waals surface area contributed by atoms with Gasteiger partial charge in [0.2, 0.25) is 0 Å². The monoisotopic (exact) mass is 286 g/mol. The number of nitrogens with one attached hydrogen (secondary N) is 1. The predicted molar refractivity (Wildman–Crippen MR) is 87.3 cm³/mol. The van der Waals surface area contributed by atoms with Crippen LogP contribution in [0.15, 0.2) is 47.5 Å². The lowest BCUT2D eigenvalue weighted by atomic mass is 10.0. The molecule has 106 valence electrons. The first-order chi connectivity index (χ1) is 9.76. The van der Waals surface area contributed by atoms with Crippen molar-refractivity contribution in [3.63, 3.8) is 0 Å². The molecule has 3 heteroatoms. The minimum Gasteiger partial charge on any atom is -0.313 e. The smallest absolute Gasteiger partial charge is 0.0422 e. The van der Waals surface area contributed by atoms with Gasteiger partial charge in [0.05, 0.1) is 0 Å². The molecular formula is C17H22N2S. The summed E-state index contributed by atoms with van der Waals surface area (Å²) in [5.74, 6) is 0. The average Bonchev–Trinajstić information content (AvgIpc) is 2.53. The van der Waals surface area contributed by atoms with Crippen LogP contribution in [0, 0.1) is 0 Å². The lowest BCUT2D eigenvalue weighted by molar-refractivity contribution is 0.584. The summed E-state index contributed by atoms with van der Waals surface area (Å²) in [6, 6.07) is 13.4. The average molecular weight is 286 g/mol. The van der Waals surface area contributed by atoms with Gasteiger partial charge in [-0.2, -0.15) is 0 Å². The van der Waals surface area contributed by atoms with Gasteiger partial charge in [0.25, 0.3) is 0 Å². The van der Waals surface area contributed by atoms with Crippen LogP contribution in [0.3, 0.4) is 0 Å². The van der Waals surface area contributed by atoms with Crippen LogP contribution in [-0.4, -0.2) is 18.3 Å². The summed E-state index contributed by atoms with van der Waals surface area (Å²) < 4.78 is 0. The van der Waals surface area contributed by atoms with Crippen molar-refractivity contribution >= 4 is 11.8 Å². The molecular weight excluding hydrogens is 264 g/mol. The molecule has 0 spiro atoms. The molecule has 0 aliphatic carbocycles. The zero-order chi connectivity index (χ0) is 14.4. The highest BCUT2D eigenvalue weighted by Crippen LogP contribution is 2.21. The Kier molecular flexibility index (Phi) is 5.62. The molecule has 0 aliphatic rings. The number of hydrogen-bond acceptors (Lipinski definition) is 3. The number of benzene rings is 1. The second-order valence-corrected chi connectivity index (χ2v) is 5.71. The van der Waals surface area contributed by atoms with Crippen molar-refractivity contribution in [1.82, 2.24) is 10.3 Å². The summed E-state index contributed by atoms with van der Waals surface area (Å²) in [7, 11) is 2.01. The van der Waals surface area contributed by atoms with E-state index >= 15 is 0 Å². The highest BCUT2D eigenvalue weighted by molar-refractivity contribution is 7.98. The molecule has 1 atom stereocenters. The van der Waals surface area contributed by atoms with Gasteiger partial charge >= 0.3 is 0 Å². The van der Waals surface area contributed by atoms with Crippen LogP contribution in [0.25, 0.3) is 0 Å². The molecule has 2 rings (SSSR count). The molecule has 1 unspecified atom stereocenters. The number of thioether (sulfide) groups is 1. The Morgan fingerprint density at radius 2 is 1.90 bits per heavy atom. The summed E-state index contributed by atoms with van der Waals surface area (Å²) >= 11 is 1.77. The van der Waals surface area contributed by atoms with E-state index in [1.807, 2.05) is 13.2 Å². The molecule has 0 saturated heterocycles. The maximum absolute atomic E-state index is 4.55. The third kappa shape index (κ3) is 3.84. The quantitative estimate of drug-likeness (QED) is 0.816. The van der Waals surface area contributed by atoms with Crippen molar-refractivity contribution in [3.8, 4) is 0 Å². The predicted octanol–water partition coefficient (Wildman–Crippen LogP) is 3.87. The summed E-state index contributed by atoms with van der Waals surface area (Å²) in [5, 5.41) is 3.39. The van der Waals surface area contributed by atoms with E-state index in [9.17, 15) is 0 Å². The second-order valence-electron chi connectivity index (χ2n) is 4.83. The zero-order valence-corrected chi connectivity index (χ0v) is 13.2. The standard InChI is InChI=1S/C17H22N2S/c1-4-13-5-8-15(19-12-13)11-17(18-2)14-6-9-16(20-3)10-7-14/h5-10,12,17-18H,4,11H2,1-3H3. The first kappa shape index (κ1) is 15.1. The Bertz CT molecular complexity index is 520. The van der Waals surface area contributed by atoms with Crippen LogP contribution in [0.1, 0.15) is 29.8 Å². The molecule has 0 bridgehead atoms. The SMILES string of the molecule is CCc1ccc(CC(NC)c2ccc(SC)cc2)nc1. The highest BCUT2D eigenvalue weighted by Gasteiger charge is 2.10. The van der Waals surface area contributed by atoms with Crippen LogP contribution in [0.4, 0.5) is 0 Å². The third-order valence-electron chi connectivity index (χ3n) is 3.57. The van der Waals surface area contributed by atoms with Gasteiger partial charge < -0.3 is 5.32 Å². The van der Waals surface area contributed by atoms with Crippen molar-refractivity contribution in [2.75, 3.05) is 13.3 Å². The molecule has 0 aliphatic heterocycles. The second kappa shape index (κ2) is 7.46.